The van der Waals surface area contributed by atoms with E-state index in [4.69, 9.17) is 4.42 Å². The van der Waals surface area contributed by atoms with Gasteiger partial charge >= 0.3 is 0 Å². The van der Waals surface area contributed by atoms with Crippen LogP contribution in [0.25, 0.3) is 0 Å². The Bertz CT molecular complexity index is 1120. The normalized spacial score (nSPS) is 16.0. The monoisotopic (exact) mass is 438 g/mol. The number of oxazole rings is 1. The number of hydrogen-bond donors (Lipinski definition) is 2. The van der Waals surface area contributed by atoms with Gasteiger partial charge < -0.3 is 19.7 Å². The van der Waals surface area contributed by atoms with Gasteiger partial charge in [0, 0.05) is 19.2 Å². The Labute approximate surface area is 184 Å². The van der Waals surface area contributed by atoms with E-state index in [0.29, 0.717) is 31.0 Å². The van der Waals surface area contributed by atoms with E-state index in [-0.39, 0.29) is 35.6 Å². The Morgan fingerprint density at radius 1 is 1.22 bits per heavy atom. The molecule has 2 N–H and O–H groups in total. The average molecular weight is 438 g/mol. The second-order valence-corrected chi connectivity index (χ2v) is 7.68. The molecule has 8 nitrogen and oxygen atoms in total. The lowest BCUT2D eigenvalue weighted by molar-refractivity contribution is -0.134. The molecule has 1 atom stereocenters. The van der Waals surface area contributed by atoms with Gasteiger partial charge in [0.15, 0.2) is 0 Å². The average Bonchev–Trinajstić information content (AvgIpc) is 3.25. The molecule has 166 valence electrons. The third kappa shape index (κ3) is 5.11. The minimum atomic E-state index is -0.496. The molecule has 1 saturated heterocycles. The number of piperidine rings is 1. The van der Waals surface area contributed by atoms with Crippen LogP contribution < -0.4 is 5.32 Å². The van der Waals surface area contributed by atoms with Crippen LogP contribution in [0.2, 0.25) is 0 Å². The number of nitrogens with one attached hydrogen (secondary N) is 1. The lowest BCUT2D eigenvalue weighted by Crippen LogP contribution is -2.44. The highest BCUT2D eigenvalue weighted by atomic mass is 19.1. The highest BCUT2D eigenvalue weighted by Crippen LogP contribution is 2.31. The van der Waals surface area contributed by atoms with Gasteiger partial charge in [0.05, 0.1) is 24.5 Å². The van der Waals surface area contributed by atoms with E-state index in [1.165, 1.54) is 30.6 Å². The summed E-state index contributed by atoms with van der Waals surface area (Å²) < 4.78 is 19.3. The first-order chi connectivity index (χ1) is 15.5. The lowest BCUT2D eigenvalue weighted by Gasteiger charge is -2.33. The minimum Gasteiger partial charge on any atom is -0.506 e. The predicted molar refractivity (Wildman–Crippen MR) is 112 cm³/mol. The van der Waals surface area contributed by atoms with Crippen LogP contribution in [-0.4, -0.2) is 44.9 Å². The quantitative estimate of drug-likeness (QED) is 0.613. The van der Waals surface area contributed by atoms with Crippen LogP contribution in [0.3, 0.4) is 0 Å². The van der Waals surface area contributed by atoms with Crippen molar-refractivity contribution in [3.05, 3.63) is 77.5 Å². The molecule has 0 unspecified atom stereocenters. The molecular formula is C23H23FN4O4. The van der Waals surface area contributed by atoms with E-state index >= 15 is 0 Å². The number of rotatable bonds is 6. The number of amides is 2. The number of carbonyl (C=O) groups excluding carboxylic acids is 2. The molecule has 2 amide bonds. The molecule has 1 fully saturated rings. The lowest BCUT2D eigenvalue weighted by atomic mass is 10.0. The van der Waals surface area contributed by atoms with Crippen LogP contribution in [0, 0.1) is 5.82 Å². The molecule has 0 spiro atoms. The Morgan fingerprint density at radius 3 is 2.91 bits per heavy atom. The number of likely N-dealkylation sites (tertiary alicyclic amines) is 1. The molecule has 2 aromatic heterocycles. The highest BCUT2D eigenvalue weighted by molar-refractivity contribution is 5.96. The first-order valence-electron chi connectivity index (χ1n) is 10.4. The molecule has 0 radical (unpaired) electrons. The number of hydrogen-bond acceptors (Lipinski definition) is 6. The van der Waals surface area contributed by atoms with Crippen molar-refractivity contribution in [3.8, 4) is 5.75 Å². The predicted octanol–water partition coefficient (Wildman–Crippen LogP) is 2.99. The molecule has 1 aliphatic rings. The molecule has 0 aliphatic carbocycles. The van der Waals surface area contributed by atoms with Gasteiger partial charge in [-0.05, 0) is 43.0 Å². The maximum absolute atomic E-state index is 13.4. The van der Waals surface area contributed by atoms with Gasteiger partial charge in [0.1, 0.15) is 23.4 Å². The Kier molecular flexibility index (Phi) is 6.44. The molecule has 3 heterocycles. The van der Waals surface area contributed by atoms with Gasteiger partial charge in [0.25, 0.3) is 5.91 Å². The molecular weight excluding hydrogens is 415 g/mol. The zero-order chi connectivity index (χ0) is 22.5. The van der Waals surface area contributed by atoms with E-state index < -0.39 is 5.91 Å². The highest BCUT2D eigenvalue weighted by Gasteiger charge is 2.31. The Morgan fingerprint density at radius 2 is 2.09 bits per heavy atom. The summed E-state index contributed by atoms with van der Waals surface area (Å²) >= 11 is 0. The van der Waals surface area contributed by atoms with Crippen LogP contribution >= 0.6 is 0 Å². The minimum absolute atomic E-state index is 0.127. The van der Waals surface area contributed by atoms with Crippen LogP contribution in [0.4, 0.5) is 4.39 Å². The van der Waals surface area contributed by atoms with E-state index in [1.54, 1.807) is 17.2 Å². The SMILES string of the molecule is O=C(NCC(=O)N1CCCC[C@H]1c1ncc(Cc2cccc(F)c2)o1)c1cncc(O)c1. The van der Waals surface area contributed by atoms with Crippen LogP contribution in [0.15, 0.2) is 53.3 Å². The van der Waals surface area contributed by atoms with Crippen molar-refractivity contribution in [1.82, 2.24) is 20.2 Å². The van der Waals surface area contributed by atoms with E-state index in [1.807, 2.05) is 6.07 Å². The topological polar surface area (TPSA) is 109 Å². The molecule has 3 aromatic rings. The van der Waals surface area contributed by atoms with Crippen molar-refractivity contribution in [3.63, 3.8) is 0 Å². The summed E-state index contributed by atoms with van der Waals surface area (Å²) in [5.74, 6) is -0.154. The summed E-state index contributed by atoms with van der Waals surface area (Å²) in [5.41, 5.74) is 0.941. The van der Waals surface area contributed by atoms with Crippen molar-refractivity contribution in [2.24, 2.45) is 0 Å². The first kappa shape index (κ1) is 21.5. The van der Waals surface area contributed by atoms with Crippen molar-refractivity contribution >= 4 is 11.8 Å². The summed E-state index contributed by atoms with van der Waals surface area (Å²) in [6.45, 7) is 0.344. The van der Waals surface area contributed by atoms with Gasteiger partial charge in [0.2, 0.25) is 11.8 Å². The smallest absolute Gasteiger partial charge is 0.253 e. The van der Waals surface area contributed by atoms with Gasteiger partial charge in [-0.2, -0.15) is 0 Å². The molecule has 0 saturated carbocycles. The zero-order valence-corrected chi connectivity index (χ0v) is 17.3. The van der Waals surface area contributed by atoms with E-state index in [0.717, 1.165) is 18.4 Å². The van der Waals surface area contributed by atoms with Crippen LogP contribution in [0.5, 0.6) is 5.75 Å². The van der Waals surface area contributed by atoms with Gasteiger partial charge in [-0.15, -0.1) is 0 Å². The van der Waals surface area contributed by atoms with Crippen molar-refractivity contribution in [2.75, 3.05) is 13.1 Å². The third-order valence-corrected chi connectivity index (χ3v) is 5.33. The number of aromatic hydroxyl groups is 1. The van der Waals surface area contributed by atoms with Crippen molar-refractivity contribution in [1.29, 1.82) is 0 Å². The fourth-order valence-corrected chi connectivity index (χ4v) is 3.80. The second-order valence-electron chi connectivity index (χ2n) is 7.68. The van der Waals surface area contributed by atoms with Crippen molar-refractivity contribution in [2.45, 2.75) is 31.7 Å². The number of halogens is 1. The van der Waals surface area contributed by atoms with Gasteiger partial charge in [-0.3, -0.25) is 14.6 Å². The summed E-state index contributed by atoms with van der Waals surface area (Å²) in [4.78, 5) is 34.9. The summed E-state index contributed by atoms with van der Waals surface area (Å²) in [6.07, 6.45) is 7.03. The summed E-state index contributed by atoms with van der Waals surface area (Å²) in [6, 6.07) is 7.25. The van der Waals surface area contributed by atoms with Crippen molar-refractivity contribution < 1.29 is 23.5 Å². The second kappa shape index (κ2) is 9.59. The standard InChI is InChI=1S/C23H23FN4O4/c24-17-5-3-4-15(8-17)9-19-13-27-23(32-19)20-6-1-2-7-28(20)21(30)14-26-22(31)16-10-18(29)12-25-11-16/h3-5,8,10-13,20,29H,1-2,6-7,9,14H2,(H,26,31)/t20-/m0/s1. The molecule has 32 heavy (non-hydrogen) atoms. The third-order valence-electron chi connectivity index (χ3n) is 5.33. The van der Waals surface area contributed by atoms with E-state index in [9.17, 15) is 19.1 Å². The first-order valence-corrected chi connectivity index (χ1v) is 10.4. The number of carbonyl (C=O) groups is 2. The van der Waals surface area contributed by atoms with Gasteiger partial charge in [-0.25, -0.2) is 9.37 Å². The zero-order valence-electron chi connectivity index (χ0n) is 17.3. The Balaban J connectivity index is 1.40. The Hall–Kier alpha value is -3.75. The van der Waals surface area contributed by atoms with Gasteiger partial charge in [-0.1, -0.05) is 12.1 Å². The van der Waals surface area contributed by atoms with Crippen LogP contribution in [0.1, 0.15) is 52.9 Å². The number of nitrogens with zero attached hydrogens (tertiary/aromatic N) is 3. The number of benzene rings is 1. The molecule has 4 rings (SSSR count). The fraction of sp³-hybridized carbons (Fsp3) is 0.304. The maximum Gasteiger partial charge on any atom is 0.253 e. The summed E-state index contributed by atoms with van der Waals surface area (Å²) in [5, 5.41) is 12.0. The number of pyridine rings is 1. The maximum atomic E-state index is 13.4. The fourth-order valence-electron chi connectivity index (χ4n) is 3.80. The molecule has 1 aromatic carbocycles. The molecule has 1 aliphatic heterocycles. The number of aromatic nitrogens is 2. The largest absolute Gasteiger partial charge is 0.506 e. The van der Waals surface area contributed by atoms with E-state index in [2.05, 4.69) is 15.3 Å². The molecule has 0 bridgehead atoms. The van der Waals surface area contributed by atoms with Crippen LogP contribution in [-0.2, 0) is 11.2 Å². The summed E-state index contributed by atoms with van der Waals surface area (Å²) in [7, 11) is 0. The molecule has 9 heteroatoms.